The van der Waals surface area contributed by atoms with Crippen LogP contribution in [0.5, 0.6) is 5.75 Å². The van der Waals surface area contributed by atoms with Gasteiger partial charge in [0, 0.05) is 42.8 Å². The summed E-state index contributed by atoms with van der Waals surface area (Å²) in [5.74, 6) is -6.50. The molecule has 0 unspecified atom stereocenters. The number of nitrogens with zero attached hydrogens (tertiary/aromatic N) is 3. The number of rotatable bonds is 7. The summed E-state index contributed by atoms with van der Waals surface area (Å²) < 4.78 is 93.6. The lowest BCUT2D eigenvalue weighted by Gasteiger charge is -2.16. The third-order valence-corrected chi connectivity index (χ3v) is 7.30. The molecule has 39 heavy (non-hydrogen) atoms. The van der Waals surface area contributed by atoms with Crippen LogP contribution < -0.4 is 10.1 Å². The standard InChI is InChI=1S/C26H22F4N4O4S/c1-4-34-13-17(15-7-9-31-10-8-15)25(33-34)22-23(29)19(38-26(35)32-14(2)3)12-21(24(22)30)39(36,37)20-11-16(27)5-6-18(20)28/h5-14H,4H2,1-3H3,(H,32,35). The van der Waals surface area contributed by atoms with Gasteiger partial charge in [0.25, 0.3) is 0 Å². The molecule has 0 aliphatic carbocycles. The number of hydrogen-bond donors (Lipinski definition) is 1. The molecule has 2 aromatic heterocycles. The number of nitrogens with one attached hydrogen (secondary N) is 1. The number of ether oxygens (including phenoxy) is 1. The topological polar surface area (TPSA) is 103 Å². The zero-order valence-corrected chi connectivity index (χ0v) is 21.7. The van der Waals surface area contributed by atoms with Crippen LogP contribution in [0.15, 0.2) is 64.8 Å². The maximum Gasteiger partial charge on any atom is 0.412 e. The van der Waals surface area contributed by atoms with Crippen molar-refractivity contribution in [2.75, 3.05) is 0 Å². The summed E-state index contributed by atoms with van der Waals surface area (Å²) in [4.78, 5) is 13.8. The van der Waals surface area contributed by atoms with Gasteiger partial charge in [-0.05, 0) is 56.7 Å². The highest BCUT2D eigenvalue weighted by molar-refractivity contribution is 7.91. The fourth-order valence-electron chi connectivity index (χ4n) is 3.74. The molecular formula is C26H22F4N4O4S. The second-order valence-electron chi connectivity index (χ2n) is 8.63. The summed E-state index contributed by atoms with van der Waals surface area (Å²) in [6.07, 6.45) is 3.21. The predicted molar refractivity (Wildman–Crippen MR) is 133 cm³/mol. The third kappa shape index (κ3) is 5.48. The van der Waals surface area contributed by atoms with Crippen LogP contribution in [0.1, 0.15) is 20.8 Å². The van der Waals surface area contributed by atoms with E-state index in [2.05, 4.69) is 15.4 Å². The molecule has 0 aliphatic heterocycles. The van der Waals surface area contributed by atoms with Crippen molar-refractivity contribution in [2.45, 2.75) is 43.1 Å². The molecule has 0 spiro atoms. The zero-order chi connectivity index (χ0) is 28.5. The molecule has 0 saturated carbocycles. The number of sulfone groups is 1. The van der Waals surface area contributed by atoms with E-state index in [4.69, 9.17) is 4.74 Å². The first-order chi connectivity index (χ1) is 18.4. The fraction of sp³-hybridized carbons (Fsp3) is 0.192. The Morgan fingerprint density at radius 3 is 2.36 bits per heavy atom. The molecule has 204 valence electrons. The van der Waals surface area contributed by atoms with Crippen LogP contribution in [0.25, 0.3) is 22.4 Å². The fourth-order valence-corrected chi connectivity index (χ4v) is 5.17. The van der Waals surface area contributed by atoms with Gasteiger partial charge in [-0.25, -0.2) is 30.8 Å². The summed E-state index contributed by atoms with van der Waals surface area (Å²) in [5, 5.41) is 6.57. The van der Waals surface area contributed by atoms with E-state index in [1.807, 2.05) is 0 Å². The highest BCUT2D eigenvalue weighted by Crippen LogP contribution is 2.41. The number of pyridine rings is 1. The van der Waals surface area contributed by atoms with Gasteiger partial charge in [0.2, 0.25) is 9.84 Å². The van der Waals surface area contributed by atoms with E-state index in [1.165, 1.54) is 23.3 Å². The first-order valence-corrected chi connectivity index (χ1v) is 13.1. The Morgan fingerprint density at radius 2 is 1.72 bits per heavy atom. The minimum absolute atomic E-state index is 0.209. The summed E-state index contributed by atoms with van der Waals surface area (Å²) in [6, 6.07) is 4.68. The van der Waals surface area contributed by atoms with Gasteiger partial charge in [-0.1, -0.05) is 0 Å². The van der Waals surface area contributed by atoms with E-state index in [0.717, 1.165) is 0 Å². The highest BCUT2D eigenvalue weighted by atomic mass is 32.2. The van der Waals surface area contributed by atoms with Crippen LogP contribution in [0, 0.1) is 23.3 Å². The van der Waals surface area contributed by atoms with Gasteiger partial charge < -0.3 is 10.1 Å². The Morgan fingerprint density at radius 1 is 1.03 bits per heavy atom. The van der Waals surface area contributed by atoms with E-state index < -0.39 is 66.3 Å². The van der Waals surface area contributed by atoms with Crippen LogP contribution in [-0.4, -0.2) is 35.3 Å². The molecule has 13 heteroatoms. The van der Waals surface area contributed by atoms with Gasteiger partial charge in [-0.15, -0.1) is 0 Å². The second-order valence-corrected chi connectivity index (χ2v) is 10.5. The second kappa shape index (κ2) is 10.8. The van der Waals surface area contributed by atoms with Gasteiger partial charge in [-0.2, -0.15) is 5.10 Å². The monoisotopic (exact) mass is 562 g/mol. The van der Waals surface area contributed by atoms with E-state index in [9.17, 15) is 22.0 Å². The van der Waals surface area contributed by atoms with Crippen molar-refractivity contribution < 1.29 is 35.5 Å². The first kappa shape index (κ1) is 27.8. The molecular weight excluding hydrogens is 540 g/mol. The molecule has 0 saturated heterocycles. The lowest BCUT2D eigenvalue weighted by atomic mass is 10.0. The molecule has 0 atom stereocenters. The summed E-state index contributed by atoms with van der Waals surface area (Å²) in [5.41, 5.74) is -0.604. The third-order valence-electron chi connectivity index (χ3n) is 5.53. The van der Waals surface area contributed by atoms with Crippen LogP contribution in [0.2, 0.25) is 0 Å². The van der Waals surface area contributed by atoms with Crippen LogP contribution in [-0.2, 0) is 16.4 Å². The van der Waals surface area contributed by atoms with Crippen molar-refractivity contribution in [2.24, 2.45) is 0 Å². The quantitative estimate of drug-likeness (QED) is 0.235. The minimum Gasteiger partial charge on any atom is -0.407 e. The number of halogens is 4. The van der Waals surface area contributed by atoms with Crippen LogP contribution in [0.4, 0.5) is 22.4 Å². The molecule has 0 fully saturated rings. The highest BCUT2D eigenvalue weighted by Gasteiger charge is 2.34. The van der Waals surface area contributed by atoms with E-state index >= 15 is 8.78 Å². The van der Waals surface area contributed by atoms with Crippen molar-refractivity contribution in [3.05, 3.63) is 78.3 Å². The van der Waals surface area contributed by atoms with Crippen molar-refractivity contribution in [3.63, 3.8) is 0 Å². The van der Waals surface area contributed by atoms with Gasteiger partial charge in [0.1, 0.15) is 27.1 Å². The number of amides is 1. The van der Waals surface area contributed by atoms with Crippen molar-refractivity contribution >= 4 is 15.9 Å². The number of aromatic nitrogens is 3. The Bertz CT molecular complexity index is 1660. The van der Waals surface area contributed by atoms with Crippen molar-refractivity contribution in [1.29, 1.82) is 0 Å². The van der Waals surface area contributed by atoms with Gasteiger partial charge >= 0.3 is 6.09 Å². The van der Waals surface area contributed by atoms with E-state index in [-0.39, 0.29) is 17.8 Å². The molecule has 4 aromatic rings. The maximum absolute atomic E-state index is 16.1. The summed E-state index contributed by atoms with van der Waals surface area (Å²) in [6.45, 7) is 5.19. The lowest BCUT2D eigenvalue weighted by Crippen LogP contribution is -2.33. The average Bonchev–Trinajstić information content (AvgIpc) is 3.31. The Hall–Kier alpha value is -4.26. The predicted octanol–water partition coefficient (Wildman–Crippen LogP) is 5.52. The van der Waals surface area contributed by atoms with Gasteiger partial charge in [0.15, 0.2) is 17.4 Å². The largest absolute Gasteiger partial charge is 0.412 e. The van der Waals surface area contributed by atoms with Crippen molar-refractivity contribution in [3.8, 4) is 28.1 Å². The van der Waals surface area contributed by atoms with Crippen LogP contribution >= 0.6 is 0 Å². The molecule has 1 N–H and O–H groups in total. The summed E-state index contributed by atoms with van der Waals surface area (Å²) in [7, 11) is -5.14. The number of carbonyl (C=O) groups is 1. The number of hydrogen-bond acceptors (Lipinski definition) is 6. The normalized spacial score (nSPS) is 11.6. The summed E-state index contributed by atoms with van der Waals surface area (Å²) >= 11 is 0. The Labute approximate surface area is 221 Å². The van der Waals surface area contributed by atoms with Gasteiger partial charge in [-0.3, -0.25) is 9.67 Å². The lowest BCUT2D eigenvalue weighted by molar-refractivity contribution is 0.195. The SMILES string of the molecule is CCn1cc(-c2ccncc2)c(-c2c(F)c(OC(=O)NC(C)C)cc(S(=O)(=O)c3cc(F)ccc3F)c2F)n1. The maximum atomic E-state index is 16.1. The molecule has 2 heterocycles. The number of benzene rings is 2. The van der Waals surface area contributed by atoms with Gasteiger partial charge in [0.05, 0.1) is 5.56 Å². The molecule has 0 radical (unpaired) electrons. The molecule has 8 nitrogen and oxygen atoms in total. The molecule has 1 amide bonds. The van der Waals surface area contributed by atoms with E-state index in [0.29, 0.717) is 29.8 Å². The smallest absolute Gasteiger partial charge is 0.407 e. The molecule has 0 aliphatic rings. The van der Waals surface area contributed by atoms with Crippen molar-refractivity contribution in [1.82, 2.24) is 20.1 Å². The van der Waals surface area contributed by atoms with E-state index in [1.54, 1.807) is 32.9 Å². The average molecular weight is 563 g/mol. The molecule has 0 bridgehead atoms. The van der Waals surface area contributed by atoms with Crippen LogP contribution in [0.3, 0.4) is 0 Å². The Kier molecular flexibility index (Phi) is 7.72. The zero-order valence-electron chi connectivity index (χ0n) is 20.9. The first-order valence-electron chi connectivity index (χ1n) is 11.6. The molecule has 2 aromatic carbocycles. The number of carbonyl (C=O) groups excluding carboxylic acids is 1. The molecule has 4 rings (SSSR count). The Balaban J connectivity index is 2.05. The number of aryl methyl sites for hydroxylation is 1. The minimum atomic E-state index is -5.14.